The summed E-state index contributed by atoms with van der Waals surface area (Å²) in [6, 6.07) is 2.63. The molecule has 1 N–H and O–H groups in total. The zero-order chi connectivity index (χ0) is 16.7. The summed E-state index contributed by atoms with van der Waals surface area (Å²) >= 11 is 0. The zero-order valence-corrected chi connectivity index (χ0v) is 12.8. The molecule has 23 heavy (non-hydrogen) atoms. The molecular formula is C16H16N2O5. The van der Waals surface area contributed by atoms with Gasteiger partial charge in [0.15, 0.2) is 0 Å². The van der Waals surface area contributed by atoms with Gasteiger partial charge in [-0.15, -0.1) is 0 Å². The number of piperidine rings is 1. The van der Waals surface area contributed by atoms with Crippen molar-refractivity contribution in [1.82, 2.24) is 10.2 Å². The molecule has 0 aromatic heterocycles. The number of amides is 3. The van der Waals surface area contributed by atoms with Crippen LogP contribution in [0.1, 0.15) is 44.7 Å². The lowest BCUT2D eigenvalue weighted by atomic mass is 10.0. The second-order valence-electron chi connectivity index (χ2n) is 5.72. The molecule has 1 unspecified atom stereocenters. The van der Waals surface area contributed by atoms with Crippen LogP contribution in [0.5, 0.6) is 0 Å². The van der Waals surface area contributed by atoms with Crippen LogP contribution in [0.2, 0.25) is 0 Å². The Balaban J connectivity index is 1.91. The van der Waals surface area contributed by atoms with Crippen LogP contribution in [0.4, 0.5) is 0 Å². The molecule has 1 aromatic rings. The van der Waals surface area contributed by atoms with E-state index in [2.05, 4.69) is 5.32 Å². The molecule has 0 radical (unpaired) electrons. The topological polar surface area (TPSA) is 92.8 Å². The minimum absolute atomic E-state index is 0.211. The predicted octanol–water partition coefficient (Wildman–Crippen LogP) is 0.543. The number of carbonyl (C=O) groups is 4. The molecular weight excluding hydrogens is 300 g/mol. The van der Waals surface area contributed by atoms with E-state index in [0.29, 0.717) is 28.7 Å². The number of nitrogens with zero attached hydrogens (tertiary/aromatic N) is 1. The normalized spacial score (nSPS) is 20.3. The van der Waals surface area contributed by atoms with Crippen LogP contribution in [0.3, 0.4) is 0 Å². The Kier molecular flexibility index (Phi) is 3.63. The second-order valence-corrected chi connectivity index (χ2v) is 5.72. The summed E-state index contributed by atoms with van der Waals surface area (Å²) in [5.74, 6) is -1.49. The maximum Gasteiger partial charge on any atom is 0.338 e. The average molecular weight is 316 g/mol. The Morgan fingerprint density at radius 3 is 2.70 bits per heavy atom. The van der Waals surface area contributed by atoms with E-state index in [0.717, 1.165) is 0 Å². The van der Waals surface area contributed by atoms with E-state index in [1.54, 1.807) is 19.1 Å². The van der Waals surface area contributed by atoms with Crippen molar-refractivity contribution >= 4 is 23.7 Å². The zero-order valence-electron chi connectivity index (χ0n) is 12.8. The van der Waals surface area contributed by atoms with E-state index < -0.39 is 17.9 Å². The third kappa shape index (κ3) is 2.48. The third-order valence-corrected chi connectivity index (χ3v) is 4.27. The molecule has 7 heteroatoms. The third-order valence-electron chi connectivity index (χ3n) is 4.27. The Labute approximate surface area is 132 Å². The molecule has 2 aliphatic heterocycles. The summed E-state index contributed by atoms with van der Waals surface area (Å²) < 4.78 is 4.74. The number of carbonyl (C=O) groups excluding carboxylic acids is 4. The summed E-state index contributed by atoms with van der Waals surface area (Å²) in [5, 5.41) is 2.26. The second kappa shape index (κ2) is 5.49. The number of imide groups is 1. The Morgan fingerprint density at radius 1 is 1.30 bits per heavy atom. The van der Waals surface area contributed by atoms with Gasteiger partial charge >= 0.3 is 5.97 Å². The highest BCUT2D eigenvalue weighted by molar-refractivity contribution is 6.06. The summed E-state index contributed by atoms with van der Waals surface area (Å²) in [4.78, 5) is 49.0. The van der Waals surface area contributed by atoms with Crippen molar-refractivity contribution < 1.29 is 23.9 Å². The molecule has 1 atom stereocenters. The van der Waals surface area contributed by atoms with Crippen molar-refractivity contribution in [3.63, 3.8) is 0 Å². The number of esters is 1. The quantitative estimate of drug-likeness (QED) is 0.635. The van der Waals surface area contributed by atoms with Gasteiger partial charge in [-0.25, -0.2) is 4.79 Å². The first-order valence-corrected chi connectivity index (χ1v) is 7.29. The molecule has 2 heterocycles. The van der Waals surface area contributed by atoms with Gasteiger partial charge < -0.3 is 9.64 Å². The fraction of sp³-hybridized carbons (Fsp3) is 0.375. The van der Waals surface area contributed by atoms with Gasteiger partial charge in [0.25, 0.3) is 5.91 Å². The number of hydrogen-bond acceptors (Lipinski definition) is 5. The lowest BCUT2D eigenvalue weighted by Crippen LogP contribution is -2.52. The van der Waals surface area contributed by atoms with Gasteiger partial charge in [-0.1, -0.05) is 0 Å². The maximum absolute atomic E-state index is 12.6. The molecule has 1 saturated heterocycles. The number of methoxy groups -OCH3 is 1. The predicted molar refractivity (Wildman–Crippen MR) is 78.6 cm³/mol. The van der Waals surface area contributed by atoms with Gasteiger partial charge in [-0.05, 0) is 36.6 Å². The van der Waals surface area contributed by atoms with E-state index >= 15 is 0 Å². The van der Waals surface area contributed by atoms with Gasteiger partial charge in [0, 0.05) is 18.5 Å². The van der Waals surface area contributed by atoms with Crippen LogP contribution in [0.25, 0.3) is 0 Å². The van der Waals surface area contributed by atoms with E-state index in [-0.39, 0.29) is 24.8 Å². The maximum atomic E-state index is 12.6. The monoisotopic (exact) mass is 316 g/mol. The number of ether oxygens (including phenoxy) is 1. The lowest BCUT2D eigenvalue weighted by molar-refractivity contribution is -0.136. The van der Waals surface area contributed by atoms with Gasteiger partial charge in [0.05, 0.1) is 12.7 Å². The molecule has 3 amide bonds. The van der Waals surface area contributed by atoms with Gasteiger partial charge in [-0.2, -0.15) is 0 Å². The standard InChI is InChI=1S/C16H16N2O5/c1-8-5-11-9(6-10(8)16(22)23-2)7-18(15(11)21)12-3-4-13(19)17-14(12)20/h5-6,12H,3-4,7H2,1-2H3,(H,17,19,20). The van der Waals surface area contributed by atoms with Crippen LogP contribution >= 0.6 is 0 Å². The molecule has 2 aliphatic rings. The summed E-state index contributed by atoms with van der Waals surface area (Å²) in [6.07, 6.45) is 0.524. The summed E-state index contributed by atoms with van der Waals surface area (Å²) in [5.41, 5.74) is 2.23. The highest BCUT2D eigenvalue weighted by Crippen LogP contribution is 2.29. The van der Waals surface area contributed by atoms with Gasteiger partial charge in [-0.3, -0.25) is 19.7 Å². The number of benzene rings is 1. The number of aryl methyl sites for hydroxylation is 1. The SMILES string of the molecule is COC(=O)c1cc2c(cc1C)C(=O)N(C1CCC(=O)NC1=O)C2. The molecule has 0 bridgehead atoms. The van der Waals surface area contributed by atoms with E-state index in [9.17, 15) is 19.2 Å². The molecule has 7 nitrogen and oxygen atoms in total. The molecule has 0 aliphatic carbocycles. The number of rotatable bonds is 2. The van der Waals surface area contributed by atoms with Crippen molar-refractivity contribution in [2.24, 2.45) is 0 Å². The minimum atomic E-state index is -0.658. The Morgan fingerprint density at radius 2 is 2.04 bits per heavy atom. The van der Waals surface area contributed by atoms with E-state index in [1.807, 2.05) is 0 Å². The summed E-state index contributed by atoms with van der Waals surface area (Å²) in [6.45, 7) is 1.97. The molecule has 1 aromatic carbocycles. The molecule has 0 saturated carbocycles. The van der Waals surface area contributed by atoms with Crippen LogP contribution in [0, 0.1) is 6.92 Å². The Hall–Kier alpha value is -2.70. The molecule has 1 fully saturated rings. The fourth-order valence-electron chi connectivity index (χ4n) is 3.05. The molecule has 120 valence electrons. The van der Waals surface area contributed by atoms with Gasteiger partial charge in [0.1, 0.15) is 6.04 Å². The van der Waals surface area contributed by atoms with Crippen LogP contribution in [0.15, 0.2) is 12.1 Å². The van der Waals surface area contributed by atoms with Gasteiger partial charge in [0.2, 0.25) is 11.8 Å². The molecule has 3 rings (SSSR count). The van der Waals surface area contributed by atoms with Crippen LogP contribution < -0.4 is 5.32 Å². The van der Waals surface area contributed by atoms with Crippen molar-refractivity contribution in [2.45, 2.75) is 32.4 Å². The first-order valence-electron chi connectivity index (χ1n) is 7.29. The van der Waals surface area contributed by atoms with Crippen molar-refractivity contribution in [3.05, 3.63) is 34.4 Å². The minimum Gasteiger partial charge on any atom is -0.465 e. The van der Waals surface area contributed by atoms with E-state index in [1.165, 1.54) is 12.0 Å². The molecule has 0 spiro atoms. The number of fused-ring (bicyclic) bond motifs is 1. The average Bonchev–Trinajstić information content (AvgIpc) is 2.82. The van der Waals surface area contributed by atoms with Crippen LogP contribution in [-0.4, -0.2) is 41.7 Å². The lowest BCUT2D eigenvalue weighted by Gasteiger charge is -2.29. The number of nitrogens with one attached hydrogen (secondary N) is 1. The van der Waals surface area contributed by atoms with Crippen molar-refractivity contribution in [1.29, 1.82) is 0 Å². The summed E-state index contributed by atoms with van der Waals surface area (Å²) in [7, 11) is 1.30. The number of hydrogen-bond donors (Lipinski definition) is 1. The largest absolute Gasteiger partial charge is 0.465 e. The first kappa shape index (κ1) is 15.2. The highest BCUT2D eigenvalue weighted by atomic mass is 16.5. The fourth-order valence-corrected chi connectivity index (χ4v) is 3.05. The Bertz CT molecular complexity index is 740. The van der Waals surface area contributed by atoms with Crippen molar-refractivity contribution in [3.8, 4) is 0 Å². The van der Waals surface area contributed by atoms with E-state index in [4.69, 9.17) is 4.74 Å². The van der Waals surface area contributed by atoms with Crippen molar-refractivity contribution in [2.75, 3.05) is 7.11 Å². The smallest absolute Gasteiger partial charge is 0.338 e. The van der Waals surface area contributed by atoms with Crippen LogP contribution in [-0.2, 0) is 20.9 Å². The first-order chi connectivity index (χ1) is 10.9. The highest BCUT2D eigenvalue weighted by Gasteiger charge is 2.39.